The minimum Gasteiger partial charge on any atom is -0.456 e. The minimum absolute atomic E-state index is 0.109. The molecule has 0 N–H and O–H groups in total. The molecule has 0 saturated carbocycles. The van der Waals surface area contributed by atoms with Crippen molar-refractivity contribution in [3.05, 3.63) is 48.0 Å². The second-order valence-electron chi connectivity index (χ2n) is 4.67. The molecule has 0 aliphatic carbocycles. The highest BCUT2D eigenvalue weighted by atomic mass is 32.2. The van der Waals surface area contributed by atoms with Crippen LogP contribution in [0.15, 0.2) is 46.9 Å². The predicted molar refractivity (Wildman–Crippen MR) is 78.3 cm³/mol. The standard InChI is InChI=1S/C15H16OS/c1-17(2)10-11-7-8-15-13(9-11)12-5-3-4-6-14(12)16-15/h3-9,17H,10H2,1-2H3. The molecule has 17 heavy (non-hydrogen) atoms. The van der Waals surface area contributed by atoms with E-state index in [2.05, 4.69) is 42.8 Å². The molecule has 1 nitrogen and oxygen atoms in total. The van der Waals surface area contributed by atoms with Crippen LogP contribution in [0.5, 0.6) is 0 Å². The average molecular weight is 244 g/mol. The summed E-state index contributed by atoms with van der Waals surface area (Å²) in [5.41, 5.74) is 3.39. The van der Waals surface area contributed by atoms with Crippen LogP contribution < -0.4 is 0 Å². The molecule has 0 radical (unpaired) electrons. The van der Waals surface area contributed by atoms with Crippen molar-refractivity contribution in [2.45, 2.75) is 5.75 Å². The predicted octanol–water partition coefficient (Wildman–Crippen LogP) is 4.35. The van der Waals surface area contributed by atoms with Gasteiger partial charge in [0.1, 0.15) is 11.2 Å². The fourth-order valence-corrected chi connectivity index (χ4v) is 3.16. The van der Waals surface area contributed by atoms with Crippen molar-refractivity contribution in [2.75, 3.05) is 12.5 Å². The van der Waals surface area contributed by atoms with Crippen LogP contribution in [0.1, 0.15) is 5.56 Å². The summed E-state index contributed by atoms with van der Waals surface area (Å²) >= 11 is 0. The van der Waals surface area contributed by atoms with Gasteiger partial charge in [-0.2, -0.15) is 0 Å². The molecule has 0 fully saturated rings. The fourth-order valence-electron chi connectivity index (χ4n) is 2.24. The molecule has 2 aromatic carbocycles. The topological polar surface area (TPSA) is 13.1 Å². The first kappa shape index (κ1) is 10.7. The maximum atomic E-state index is 5.82. The number of para-hydroxylation sites is 1. The highest BCUT2D eigenvalue weighted by Crippen LogP contribution is 2.31. The van der Waals surface area contributed by atoms with Gasteiger partial charge in [-0.15, -0.1) is 0 Å². The van der Waals surface area contributed by atoms with Gasteiger partial charge in [0.25, 0.3) is 0 Å². The lowest BCUT2D eigenvalue weighted by atomic mass is 10.1. The van der Waals surface area contributed by atoms with Gasteiger partial charge in [-0.3, -0.25) is 10.9 Å². The van der Waals surface area contributed by atoms with Crippen LogP contribution in [0.2, 0.25) is 0 Å². The molecule has 0 spiro atoms. The zero-order valence-electron chi connectivity index (χ0n) is 10.1. The summed E-state index contributed by atoms with van der Waals surface area (Å²) in [6, 6.07) is 14.8. The smallest absolute Gasteiger partial charge is 0.135 e. The highest BCUT2D eigenvalue weighted by Gasteiger charge is 2.06. The maximum Gasteiger partial charge on any atom is 0.135 e. The van der Waals surface area contributed by atoms with Crippen molar-refractivity contribution >= 4 is 32.8 Å². The van der Waals surface area contributed by atoms with Crippen LogP contribution in [-0.2, 0) is 5.75 Å². The third-order valence-corrected chi connectivity index (χ3v) is 3.94. The van der Waals surface area contributed by atoms with E-state index in [1.165, 1.54) is 22.1 Å². The lowest BCUT2D eigenvalue weighted by Crippen LogP contribution is -1.83. The molecule has 0 aliphatic heterocycles. The summed E-state index contributed by atoms with van der Waals surface area (Å²) in [6.07, 6.45) is 4.63. The number of benzene rings is 2. The Balaban J connectivity index is 2.23. The zero-order chi connectivity index (χ0) is 11.8. The number of thiol groups is 1. The van der Waals surface area contributed by atoms with E-state index in [1.54, 1.807) is 0 Å². The molecule has 0 unspecified atom stereocenters. The molecule has 0 atom stereocenters. The Morgan fingerprint density at radius 3 is 2.53 bits per heavy atom. The highest BCUT2D eigenvalue weighted by molar-refractivity contribution is 8.15. The van der Waals surface area contributed by atoms with Gasteiger partial charge in [0.2, 0.25) is 0 Å². The van der Waals surface area contributed by atoms with E-state index in [0.717, 1.165) is 11.2 Å². The molecule has 0 amide bonds. The molecule has 3 rings (SSSR count). The first-order valence-electron chi connectivity index (χ1n) is 5.79. The van der Waals surface area contributed by atoms with Crippen molar-refractivity contribution < 1.29 is 4.42 Å². The van der Waals surface area contributed by atoms with E-state index in [4.69, 9.17) is 4.42 Å². The maximum absolute atomic E-state index is 5.82. The van der Waals surface area contributed by atoms with Crippen LogP contribution in [0.25, 0.3) is 21.9 Å². The van der Waals surface area contributed by atoms with Crippen LogP contribution in [0.3, 0.4) is 0 Å². The van der Waals surface area contributed by atoms with Crippen molar-refractivity contribution in [2.24, 2.45) is 0 Å². The number of hydrogen-bond acceptors (Lipinski definition) is 1. The summed E-state index contributed by atoms with van der Waals surface area (Å²) in [5.74, 6) is 1.19. The Morgan fingerprint density at radius 1 is 0.941 bits per heavy atom. The van der Waals surface area contributed by atoms with Crippen molar-refractivity contribution in [1.29, 1.82) is 0 Å². The van der Waals surface area contributed by atoms with Crippen molar-refractivity contribution in [1.82, 2.24) is 0 Å². The van der Waals surface area contributed by atoms with Gasteiger partial charge in [-0.25, -0.2) is 0 Å². The Morgan fingerprint density at radius 2 is 1.71 bits per heavy atom. The Kier molecular flexibility index (Phi) is 2.60. The van der Waals surface area contributed by atoms with Crippen molar-refractivity contribution in [3.63, 3.8) is 0 Å². The van der Waals surface area contributed by atoms with E-state index in [1.807, 2.05) is 12.1 Å². The van der Waals surface area contributed by atoms with Crippen molar-refractivity contribution in [3.8, 4) is 0 Å². The molecule has 3 aromatic rings. The minimum atomic E-state index is 0.109. The first-order chi connectivity index (χ1) is 8.24. The molecular formula is C15H16OS. The van der Waals surface area contributed by atoms with Gasteiger partial charge in [0, 0.05) is 10.8 Å². The number of hydrogen-bond donors (Lipinski definition) is 1. The summed E-state index contributed by atoms with van der Waals surface area (Å²) < 4.78 is 5.82. The van der Waals surface area contributed by atoms with Crippen LogP contribution in [0, 0.1) is 0 Å². The molecule has 1 aromatic heterocycles. The van der Waals surface area contributed by atoms with Gasteiger partial charge >= 0.3 is 0 Å². The molecule has 88 valence electrons. The lowest BCUT2D eigenvalue weighted by Gasteiger charge is -2.08. The average Bonchev–Trinajstić information content (AvgIpc) is 2.66. The number of fused-ring (bicyclic) bond motifs is 3. The third kappa shape index (κ3) is 1.93. The van der Waals surface area contributed by atoms with E-state index in [9.17, 15) is 0 Å². The van der Waals surface area contributed by atoms with E-state index >= 15 is 0 Å². The van der Waals surface area contributed by atoms with Gasteiger partial charge in [-0.05, 0) is 42.0 Å². The van der Waals surface area contributed by atoms with E-state index in [-0.39, 0.29) is 10.9 Å². The Bertz CT molecular complexity index is 667. The first-order valence-corrected chi connectivity index (χ1v) is 8.21. The van der Waals surface area contributed by atoms with Gasteiger partial charge in [0.15, 0.2) is 0 Å². The van der Waals surface area contributed by atoms with Crippen LogP contribution in [-0.4, -0.2) is 12.5 Å². The lowest BCUT2D eigenvalue weighted by molar-refractivity contribution is 0.669. The SMILES string of the molecule is C[SH](C)Cc1ccc2oc3ccccc3c2c1. The number of furan rings is 1. The Labute approximate surface area is 104 Å². The summed E-state index contributed by atoms with van der Waals surface area (Å²) in [4.78, 5) is 0. The molecule has 2 heteroatoms. The van der Waals surface area contributed by atoms with E-state index < -0.39 is 0 Å². The molecule has 1 heterocycles. The normalized spacial score (nSPS) is 12.2. The largest absolute Gasteiger partial charge is 0.456 e. The summed E-state index contributed by atoms with van der Waals surface area (Å²) in [5, 5.41) is 2.47. The molecule has 0 bridgehead atoms. The molecular weight excluding hydrogens is 228 g/mol. The fraction of sp³-hybridized carbons (Fsp3) is 0.200. The Hall–Kier alpha value is -1.41. The monoisotopic (exact) mass is 244 g/mol. The number of rotatable bonds is 2. The van der Waals surface area contributed by atoms with Gasteiger partial charge in [-0.1, -0.05) is 24.3 Å². The molecule has 0 aliphatic rings. The summed E-state index contributed by atoms with van der Waals surface area (Å²) in [7, 11) is 0.109. The summed E-state index contributed by atoms with van der Waals surface area (Å²) in [6.45, 7) is 0. The quantitative estimate of drug-likeness (QED) is 0.661. The van der Waals surface area contributed by atoms with Crippen LogP contribution >= 0.6 is 10.9 Å². The van der Waals surface area contributed by atoms with E-state index in [0.29, 0.717) is 0 Å². The molecule has 0 saturated heterocycles. The second-order valence-corrected chi connectivity index (χ2v) is 7.14. The van der Waals surface area contributed by atoms with Gasteiger partial charge < -0.3 is 4.42 Å². The van der Waals surface area contributed by atoms with Gasteiger partial charge in [0.05, 0.1) is 0 Å². The second kappa shape index (κ2) is 4.11. The van der Waals surface area contributed by atoms with Crippen LogP contribution in [0.4, 0.5) is 0 Å². The third-order valence-electron chi connectivity index (χ3n) is 2.94. The zero-order valence-corrected chi connectivity index (χ0v) is 11.0.